The van der Waals surface area contributed by atoms with E-state index in [4.69, 9.17) is 5.73 Å². The summed E-state index contributed by atoms with van der Waals surface area (Å²) in [5.41, 5.74) is 7.23. The Morgan fingerprint density at radius 1 is 1.06 bits per heavy atom. The van der Waals surface area contributed by atoms with Gasteiger partial charge in [-0.2, -0.15) is 0 Å². The van der Waals surface area contributed by atoms with Gasteiger partial charge in [0.2, 0.25) is 0 Å². The zero-order valence-electron chi connectivity index (χ0n) is 8.67. The Kier molecular flexibility index (Phi) is 2.79. The van der Waals surface area contributed by atoms with Crippen molar-refractivity contribution in [2.45, 2.75) is 6.04 Å². The van der Waals surface area contributed by atoms with Crippen molar-refractivity contribution < 1.29 is 10.2 Å². The molecule has 0 amide bonds. The molecule has 1 aromatic carbocycles. The lowest BCUT2D eigenvalue weighted by molar-refractivity contribution is 0.358. The van der Waals surface area contributed by atoms with Crippen LogP contribution < -0.4 is 5.73 Å². The Balaban J connectivity index is 2.38. The summed E-state index contributed by atoms with van der Waals surface area (Å²) in [6.07, 6.45) is 4.61. The molecule has 1 atom stereocenters. The molecular weight excluding hydrogens is 202 g/mol. The van der Waals surface area contributed by atoms with Crippen molar-refractivity contribution >= 4 is 6.08 Å². The molecule has 0 radical (unpaired) electrons. The monoisotopic (exact) mass is 215 g/mol. The average Bonchev–Trinajstić information content (AvgIpc) is 2.31. The predicted octanol–water partition coefficient (Wildman–Crippen LogP) is 2.29. The lowest BCUT2D eigenvalue weighted by Crippen LogP contribution is -2.28. The highest BCUT2D eigenvalue weighted by atomic mass is 16.3. The molecule has 0 aromatic heterocycles. The first kappa shape index (κ1) is 10.5. The van der Waals surface area contributed by atoms with Crippen molar-refractivity contribution in [1.82, 2.24) is 0 Å². The third-order valence-corrected chi connectivity index (χ3v) is 2.48. The third kappa shape index (κ3) is 1.99. The number of aliphatic hydroxyl groups excluding tert-OH is 2. The van der Waals surface area contributed by atoms with Crippen molar-refractivity contribution in [1.29, 1.82) is 0 Å². The Morgan fingerprint density at radius 2 is 1.75 bits per heavy atom. The molecule has 1 aromatic rings. The molecule has 16 heavy (non-hydrogen) atoms. The fourth-order valence-electron chi connectivity index (χ4n) is 1.58. The van der Waals surface area contributed by atoms with E-state index in [0.29, 0.717) is 5.57 Å². The van der Waals surface area contributed by atoms with Crippen LogP contribution in [0.3, 0.4) is 0 Å². The fourth-order valence-corrected chi connectivity index (χ4v) is 1.58. The van der Waals surface area contributed by atoms with Gasteiger partial charge in [0, 0.05) is 5.57 Å². The molecule has 0 heterocycles. The molecule has 0 fully saturated rings. The van der Waals surface area contributed by atoms with Gasteiger partial charge in [0.05, 0.1) is 6.04 Å². The molecule has 1 aliphatic carbocycles. The molecule has 0 spiro atoms. The van der Waals surface area contributed by atoms with Crippen molar-refractivity contribution in [3.63, 3.8) is 0 Å². The van der Waals surface area contributed by atoms with Gasteiger partial charge in [0.15, 0.2) is 0 Å². The zero-order chi connectivity index (χ0) is 11.5. The molecule has 1 aliphatic rings. The molecule has 3 nitrogen and oxygen atoms in total. The minimum atomic E-state index is -0.662. The van der Waals surface area contributed by atoms with E-state index in [1.165, 1.54) is 12.2 Å². The summed E-state index contributed by atoms with van der Waals surface area (Å²) in [5, 5.41) is 19.2. The Labute approximate surface area is 93.8 Å². The van der Waals surface area contributed by atoms with Gasteiger partial charge >= 0.3 is 0 Å². The number of nitrogens with two attached hydrogens (primary N) is 1. The highest BCUT2D eigenvalue weighted by Crippen LogP contribution is 2.22. The highest BCUT2D eigenvalue weighted by Gasteiger charge is 2.20. The van der Waals surface area contributed by atoms with Crippen molar-refractivity contribution in [3.8, 4) is 0 Å². The van der Waals surface area contributed by atoms with Crippen LogP contribution in [-0.4, -0.2) is 16.3 Å². The quantitative estimate of drug-likeness (QED) is 0.673. The van der Waals surface area contributed by atoms with Gasteiger partial charge in [-0.1, -0.05) is 30.3 Å². The van der Waals surface area contributed by atoms with E-state index in [1.54, 1.807) is 6.08 Å². The predicted molar refractivity (Wildman–Crippen MR) is 63.8 cm³/mol. The second-order valence-corrected chi connectivity index (χ2v) is 3.63. The summed E-state index contributed by atoms with van der Waals surface area (Å²) in [6, 6.07) is 8.86. The van der Waals surface area contributed by atoms with Crippen LogP contribution in [0.2, 0.25) is 0 Å². The van der Waals surface area contributed by atoms with E-state index < -0.39 is 6.04 Å². The minimum Gasteiger partial charge on any atom is -0.510 e. The lowest BCUT2D eigenvalue weighted by Gasteiger charge is -2.18. The van der Waals surface area contributed by atoms with Gasteiger partial charge in [-0.05, 0) is 23.8 Å². The maximum absolute atomic E-state index is 9.68. The Bertz CT molecular complexity index is 472. The topological polar surface area (TPSA) is 66.5 Å². The fraction of sp³-hybridized carbons (Fsp3) is 0.0769. The number of benzene rings is 1. The van der Waals surface area contributed by atoms with Gasteiger partial charge in [-0.25, -0.2) is 0 Å². The first-order valence-corrected chi connectivity index (χ1v) is 5.01. The maximum Gasteiger partial charge on any atom is 0.120 e. The van der Waals surface area contributed by atoms with E-state index in [9.17, 15) is 10.2 Å². The molecule has 82 valence electrons. The second kappa shape index (κ2) is 4.24. The maximum atomic E-state index is 9.68. The van der Waals surface area contributed by atoms with Gasteiger partial charge in [-0.3, -0.25) is 0 Å². The number of rotatable bonds is 1. The Hall–Kier alpha value is -2.00. The SMILES string of the molecule is NC1C(O)=CC=C(O)C1=Cc1ccccc1. The number of hydrogen-bond donors (Lipinski definition) is 3. The zero-order valence-corrected chi connectivity index (χ0v) is 8.67. The molecule has 0 saturated heterocycles. The number of aliphatic hydroxyl groups is 2. The van der Waals surface area contributed by atoms with E-state index in [2.05, 4.69) is 0 Å². The summed E-state index contributed by atoms with van der Waals surface area (Å²) in [5.74, 6) is 0.147. The van der Waals surface area contributed by atoms with Crippen LogP contribution in [0, 0.1) is 0 Å². The van der Waals surface area contributed by atoms with Crippen molar-refractivity contribution in [2.24, 2.45) is 5.73 Å². The largest absolute Gasteiger partial charge is 0.510 e. The molecule has 3 heteroatoms. The second-order valence-electron chi connectivity index (χ2n) is 3.63. The molecule has 2 rings (SSSR count). The van der Waals surface area contributed by atoms with E-state index >= 15 is 0 Å². The minimum absolute atomic E-state index is 0.0555. The molecule has 0 saturated carbocycles. The first-order valence-electron chi connectivity index (χ1n) is 5.01. The lowest BCUT2D eigenvalue weighted by atomic mass is 9.97. The van der Waals surface area contributed by atoms with Crippen LogP contribution in [0.4, 0.5) is 0 Å². The highest BCUT2D eigenvalue weighted by molar-refractivity contribution is 5.61. The number of allylic oxidation sites excluding steroid dienone is 2. The van der Waals surface area contributed by atoms with Crippen LogP contribution >= 0.6 is 0 Å². The van der Waals surface area contributed by atoms with Gasteiger partial charge in [0.1, 0.15) is 11.5 Å². The normalized spacial score (nSPS) is 22.8. The van der Waals surface area contributed by atoms with E-state index in [0.717, 1.165) is 5.56 Å². The van der Waals surface area contributed by atoms with E-state index in [1.807, 2.05) is 30.3 Å². The first-order chi connectivity index (χ1) is 7.68. The summed E-state index contributed by atoms with van der Waals surface area (Å²) < 4.78 is 0. The average molecular weight is 215 g/mol. The summed E-state index contributed by atoms with van der Waals surface area (Å²) in [7, 11) is 0. The molecule has 4 N–H and O–H groups in total. The van der Waals surface area contributed by atoms with Crippen LogP contribution in [0.15, 0.2) is 59.6 Å². The van der Waals surface area contributed by atoms with Crippen LogP contribution in [0.25, 0.3) is 6.08 Å². The smallest absolute Gasteiger partial charge is 0.120 e. The summed E-state index contributed by atoms with van der Waals surface area (Å²) in [4.78, 5) is 0. The molecule has 0 aliphatic heterocycles. The summed E-state index contributed by atoms with van der Waals surface area (Å²) in [6.45, 7) is 0. The van der Waals surface area contributed by atoms with Gasteiger partial charge in [0.25, 0.3) is 0 Å². The third-order valence-electron chi connectivity index (χ3n) is 2.48. The molecular formula is C13H13NO2. The van der Waals surface area contributed by atoms with Crippen LogP contribution in [-0.2, 0) is 0 Å². The van der Waals surface area contributed by atoms with E-state index in [-0.39, 0.29) is 11.5 Å². The number of hydrogen-bond acceptors (Lipinski definition) is 3. The Morgan fingerprint density at radius 3 is 2.44 bits per heavy atom. The summed E-state index contributed by atoms with van der Waals surface area (Å²) >= 11 is 0. The van der Waals surface area contributed by atoms with Crippen LogP contribution in [0.1, 0.15) is 5.56 Å². The van der Waals surface area contributed by atoms with Crippen molar-refractivity contribution in [3.05, 3.63) is 65.1 Å². The van der Waals surface area contributed by atoms with Crippen molar-refractivity contribution in [2.75, 3.05) is 0 Å². The van der Waals surface area contributed by atoms with Crippen LogP contribution in [0.5, 0.6) is 0 Å². The molecule has 1 unspecified atom stereocenters. The molecule has 0 bridgehead atoms. The standard InChI is InChI=1S/C13H13NO2/c14-13-10(11(15)6-7-12(13)16)8-9-4-2-1-3-5-9/h1-8,13,15-16H,14H2. The van der Waals surface area contributed by atoms with Gasteiger partial charge < -0.3 is 15.9 Å². The van der Waals surface area contributed by atoms with Gasteiger partial charge in [-0.15, -0.1) is 0 Å².